The Kier molecular flexibility index (Phi) is 4.08. The summed E-state index contributed by atoms with van der Waals surface area (Å²) in [5.74, 6) is -1.39. The van der Waals surface area contributed by atoms with Gasteiger partial charge >= 0.3 is 29.6 Å². The number of carbonyl (C=O) groups is 1. The van der Waals surface area contributed by atoms with Crippen LogP contribution in [0.3, 0.4) is 0 Å². The van der Waals surface area contributed by atoms with E-state index in [2.05, 4.69) is 4.98 Å². The van der Waals surface area contributed by atoms with Gasteiger partial charge in [0.2, 0.25) is 5.89 Å². The molecule has 0 unspecified atom stereocenters. The zero-order valence-corrected chi connectivity index (χ0v) is 10.1. The van der Waals surface area contributed by atoms with E-state index in [0.29, 0.717) is 5.76 Å². The number of hydrogen-bond donors (Lipinski definition) is 0. The van der Waals surface area contributed by atoms with Gasteiger partial charge in [-0.3, -0.25) is 0 Å². The molecule has 0 bridgehead atoms. The first-order valence-electron chi connectivity index (χ1n) is 4.00. The Morgan fingerprint density at radius 1 is 1.27 bits per heavy atom. The molecule has 0 aliphatic carbocycles. The minimum atomic E-state index is -1.41. The van der Waals surface area contributed by atoms with Crippen molar-refractivity contribution in [1.29, 1.82) is 0 Å². The Balaban J connectivity index is 0.00000112. The maximum atomic E-state index is 10.4. The minimum Gasteiger partial charge on any atom is -0.540 e. The molecule has 1 heterocycles. The Labute approximate surface area is 108 Å². The smallest absolute Gasteiger partial charge is 0.540 e. The molecule has 5 heteroatoms. The summed E-state index contributed by atoms with van der Waals surface area (Å²) in [5.41, 5.74) is 0.785. The molecule has 1 aromatic heterocycles. The number of carboxylic acids is 1. The van der Waals surface area contributed by atoms with Gasteiger partial charge in [-0.25, -0.2) is 4.98 Å². The van der Waals surface area contributed by atoms with Crippen LogP contribution in [0.25, 0.3) is 11.3 Å². The van der Waals surface area contributed by atoms with Crippen LogP contribution >= 0.6 is 0 Å². The third kappa shape index (κ3) is 2.68. The van der Waals surface area contributed by atoms with Crippen LogP contribution in [0.4, 0.5) is 0 Å². The molecule has 0 atom stereocenters. The van der Waals surface area contributed by atoms with E-state index in [1.807, 2.05) is 18.2 Å². The minimum absolute atomic E-state index is 0. The molecule has 0 spiro atoms. The average Bonchev–Trinajstić information content (AvgIpc) is 2.68. The van der Waals surface area contributed by atoms with Crippen molar-refractivity contribution in [3.8, 4) is 11.3 Å². The summed E-state index contributed by atoms with van der Waals surface area (Å²) < 4.78 is 4.96. The zero-order valence-electron chi connectivity index (χ0n) is 8.14. The van der Waals surface area contributed by atoms with Gasteiger partial charge in [-0.05, 0) is 0 Å². The van der Waals surface area contributed by atoms with E-state index in [9.17, 15) is 9.90 Å². The van der Waals surface area contributed by atoms with Crippen LogP contribution in [0.1, 0.15) is 10.7 Å². The van der Waals surface area contributed by atoms with E-state index in [1.54, 1.807) is 12.1 Å². The molecule has 0 saturated carbocycles. The van der Waals surface area contributed by atoms with Crippen molar-refractivity contribution in [3.63, 3.8) is 0 Å². The van der Waals surface area contributed by atoms with Gasteiger partial charge in [0, 0.05) is 5.56 Å². The fourth-order valence-electron chi connectivity index (χ4n) is 1.10. The van der Waals surface area contributed by atoms with Crippen LogP contribution in [0.5, 0.6) is 0 Å². The third-order valence-electron chi connectivity index (χ3n) is 1.74. The zero-order chi connectivity index (χ0) is 9.97. The molecule has 0 aliphatic rings. The van der Waals surface area contributed by atoms with Gasteiger partial charge in [-0.1, -0.05) is 30.3 Å². The Morgan fingerprint density at radius 2 is 1.93 bits per heavy atom. The van der Waals surface area contributed by atoms with Crippen molar-refractivity contribution in [2.45, 2.75) is 0 Å². The quantitative estimate of drug-likeness (QED) is 0.524. The average molecular weight is 211 g/mol. The Hall–Kier alpha value is -1.10. The van der Waals surface area contributed by atoms with Crippen LogP contribution in [0, 0.1) is 0 Å². The SMILES string of the molecule is O=C([O-])c1ncc(-c2ccccc2)o1.[Na+]. The third-order valence-corrected chi connectivity index (χ3v) is 1.74. The number of nitrogens with zero attached hydrogens (tertiary/aromatic N) is 1. The molecular formula is C10H6NNaO3. The Morgan fingerprint density at radius 3 is 2.47 bits per heavy atom. The predicted octanol–water partition coefficient (Wildman–Crippen LogP) is -2.29. The second-order valence-electron chi connectivity index (χ2n) is 2.68. The maximum absolute atomic E-state index is 10.4. The monoisotopic (exact) mass is 211 g/mol. The van der Waals surface area contributed by atoms with Gasteiger partial charge in [0.05, 0.1) is 6.20 Å². The van der Waals surface area contributed by atoms with Crippen LogP contribution in [-0.4, -0.2) is 11.0 Å². The standard InChI is InChI=1S/C10H7NO3.Na/c12-10(13)9-11-6-8(14-9)7-4-2-1-3-5-7;/h1-6H,(H,12,13);/q;+1/p-1. The second-order valence-corrected chi connectivity index (χ2v) is 2.68. The maximum Gasteiger partial charge on any atom is 1.00 e. The van der Waals surface area contributed by atoms with Crippen molar-refractivity contribution in [2.75, 3.05) is 0 Å². The summed E-state index contributed by atoms with van der Waals surface area (Å²) in [6.07, 6.45) is 1.36. The van der Waals surface area contributed by atoms with E-state index in [4.69, 9.17) is 4.42 Å². The molecule has 2 aromatic rings. The number of aromatic carboxylic acids is 1. The molecule has 0 N–H and O–H groups in total. The summed E-state index contributed by atoms with van der Waals surface area (Å²) >= 11 is 0. The molecule has 4 nitrogen and oxygen atoms in total. The number of hydrogen-bond acceptors (Lipinski definition) is 4. The summed E-state index contributed by atoms with van der Waals surface area (Å²) in [4.78, 5) is 13.9. The van der Waals surface area contributed by atoms with E-state index in [0.717, 1.165) is 5.56 Å². The van der Waals surface area contributed by atoms with Crippen LogP contribution in [-0.2, 0) is 0 Å². The molecular weight excluding hydrogens is 205 g/mol. The summed E-state index contributed by atoms with van der Waals surface area (Å²) in [6.45, 7) is 0. The van der Waals surface area contributed by atoms with E-state index >= 15 is 0 Å². The van der Waals surface area contributed by atoms with Gasteiger partial charge < -0.3 is 14.3 Å². The predicted molar refractivity (Wildman–Crippen MR) is 46.3 cm³/mol. The number of carboxylic acid groups (broad SMARTS) is 1. The van der Waals surface area contributed by atoms with E-state index < -0.39 is 11.9 Å². The first-order valence-corrected chi connectivity index (χ1v) is 4.00. The van der Waals surface area contributed by atoms with Crippen molar-refractivity contribution < 1.29 is 43.9 Å². The first-order chi connectivity index (χ1) is 6.77. The van der Waals surface area contributed by atoms with Crippen molar-refractivity contribution in [3.05, 3.63) is 42.4 Å². The van der Waals surface area contributed by atoms with E-state index in [-0.39, 0.29) is 29.6 Å². The summed E-state index contributed by atoms with van der Waals surface area (Å²) in [7, 11) is 0. The molecule has 0 amide bonds. The molecule has 2 rings (SSSR count). The topological polar surface area (TPSA) is 66.2 Å². The second kappa shape index (κ2) is 5.11. The van der Waals surface area contributed by atoms with Crippen LogP contribution in [0.2, 0.25) is 0 Å². The number of rotatable bonds is 2. The van der Waals surface area contributed by atoms with Gasteiger partial charge in [0.15, 0.2) is 5.76 Å². The van der Waals surface area contributed by atoms with Gasteiger partial charge in [0.1, 0.15) is 5.97 Å². The fraction of sp³-hybridized carbons (Fsp3) is 0. The molecule has 70 valence electrons. The van der Waals surface area contributed by atoms with Gasteiger partial charge in [0.25, 0.3) is 0 Å². The number of aromatic nitrogens is 1. The molecule has 0 aliphatic heterocycles. The number of oxazole rings is 1. The number of benzene rings is 1. The van der Waals surface area contributed by atoms with Gasteiger partial charge in [-0.2, -0.15) is 0 Å². The molecule has 15 heavy (non-hydrogen) atoms. The van der Waals surface area contributed by atoms with Crippen molar-refractivity contribution in [2.24, 2.45) is 0 Å². The van der Waals surface area contributed by atoms with Crippen LogP contribution < -0.4 is 34.7 Å². The first kappa shape index (κ1) is 12.0. The van der Waals surface area contributed by atoms with Gasteiger partial charge in [-0.15, -0.1) is 0 Å². The fourth-order valence-corrected chi connectivity index (χ4v) is 1.10. The molecule has 1 aromatic carbocycles. The summed E-state index contributed by atoms with van der Waals surface area (Å²) in [5, 5.41) is 10.4. The Bertz CT molecular complexity index is 453. The molecule has 0 radical (unpaired) electrons. The molecule has 0 saturated heterocycles. The number of carbonyl (C=O) groups excluding carboxylic acids is 1. The molecule has 0 fully saturated rings. The normalized spacial score (nSPS) is 9.33. The van der Waals surface area contributed by atoms with Crippen LogP contribution in [0.15, 0.2) is 40.9 Å². The summed E-state index contributed by atoms with van der Waals surface area (Å²) in [6, 6.07) is 9.13. The van der Waals surface area contributed by atoms with Crippen molar-refractivity contribution >= 4 is 5.97 Å². The largest absolute Gasteiger partial charge is 1.00 e. The van der Waals surface area contributed by atoms with E-state index in [1.165, 1.54) is 6.20 Å². The van der Waals surface area contributed by atoms with Crippen molar-refractivity contribution in [1.82, 2.24) is 4.98 Å².